The molecule has 158 valence electrons. The van der Waals surface area contributed by atoms with E-state index < -0.39 is 0 Å². The number of hydrogen-bond donors (Lipinski definition) is 1. The lowest BCUT2D eigenvalue weighted by Gasteiger charge is -2.37. The summed E-state index contributed by atoms with van der Waals surface area (Å²) in [6, 6.07) is 10.3. The molecule has 0 aliphatic carbocycles. The fraction of sp³-hybridized carbons (Fsp3) is 0.720. The van der Waals surface area contributed by atoms with Gasteiger partial charge >= 0.3 is 0 Å². The summed E-state index contributed by atoms with van der Waals surface area (Å²) in [5, 5.41) is 11.4. The molecule has 0 aromatic heterocycles. The molecule has 28 heavy (non-hydrogen) atoms. The maximum Gasteiger partial charge on any atom is 0.246 e. The number of carbonyl (C=O) groups excluding carboxylic acids is 1. The van der Waals surface area contributed by atoms with Crippen molar-refractivity contribution in [3.63, 3.8) is 0 Å². The highest BCUT2D eigenvalue weighted by Crippen LogP contribution is 2.35. The van der Waals surface area contributed by atoms with Crippen LogP contribution in [0.5, 0.6) is 0 Å². The Hall–Kier alpha value is -1.35. The summed E-state index contributed by atoms with van der Waals surface area (Å²) in [5.41, 5.74) is 1.25. The molecule has 1 aromatic rings. The highest BCUT2D eigenvalue weighted by Gasteiger charge is 2.35. The first-order chi connectivity index (χ1) is 13.7. The summed E-state index contributed by atoms with van der Waals surface area (Å²) in [6.07, 6.45) is 18.2. The van der Waals surface area contributed by atoms with Crippen LogP contribution in [0.15, 0.2) is 30.3 Å². The number of carbonyl (C=O) groups is 1. The molecule has 1 saturated heterocycles. The zero-order valence-electron chi connectivity index (χ0n) is 18.0. The number of unbranched alkanes of at least 4 members (excludes halogenated alkanes) is 11. The van der Waals surface area contributed by atoms with Crippen molar-refractivity contribution in [1.29, 1.82) is 0 Å². The molecule has 1 fully saturated rings. The Morgan fingerprint density at radius 1 is 0.857 bits per heavy atom. The predicted molar refractivity (Wildman–Crippen MR) is 117 cm³/mol. The first kappa shape index (κ1) is 22.9. The Kier molecular flexibility index (Phi) is 11.3. The number of piperidine rings is 1. The van der Waals surface area contributed by atoms with Crippen LogP contribution in [0.4, 0.5) is 0 Å². The summed E-state index contributed by atoms with van der Waals surface area (Å²) >= 11 is 0. The molecule has 0 unspecified atom stereocenters. The number of hydrogen-bond acceptors (Lipinski definition) is 2. The van der Waals surface area contributed by atoms with Crippen LogP contribution in [-0.2, 0) is 4.79 Å². The van der Waals surface area contributed by atoms with Crippen molar-refractivity contribution in [3.8, 4) is 0 Å². The molecular weight excluding hydrogens is 346 g/mol. The molecule has 0 radical (unpaired) electrons. The minimum Gasteiger partial charge on any atom is -0.286 e. The first-order valence-electron chi connectivity index (χ1n) is 11.8. The second-order valence-electron chi connectivity index (χ2n) is 8.54. The van der Waals surface area contributed by atoms with Gasteiger partial charge in [0.2, 0.25) is 5.91 Å². The smallest absolute Gasteiger partial charge is 0.246 e. The van der Waals surface area contributed by atoms with Gasteiger partial charge in [0.15, 0.2) is 0 Å². The summed E-state index contributed by atoms with van der Waals surface area (Å²) in [7, 11) is 0. The minimum atomic E-state index is -0.115. The Bertz CT molecular complexity index is 531. The largest absolute Gasteiger partial charge is 0.286 e. The maximum atomic E-state index is 12.0. The van der Waals surface area contributed by atoms with Gasteiger partial charge in [0.25, 0.3) is 0 Å². The van der Waals surface area contributed by atoms with E-state index >= 15 is 0 Å². The van der Waals surface area contributed by atoms with E-state index in [0.717, 1.165) is 24.3 Å². The lowest BCUT2D eigenvalue weighted by Crippen LogP contribution is -2.45. The molecule has 1 aliphatic rings. The average molecular weight is 388 g/mol. The van der Waals surface area contributed by atoms with Gasteiger partial charge in [-0.15, -0.1) is 0 Å². The van der Waals surface area contributed by atoms with E-state index in [1.165, 1.54) is 76.2 Å². The SMILES string of the molecule is CCCCCCCCCCCCCC[C@@H]1[C@H](c2ccccc2)CCC(=O)N1O. The molecule has 2 rings (SSSR count). The number of rotatable bonds is 14. The van der Waals surface area contributed by atoms with Crippen molar-refractivity contribution in [1.82, 2.24) is 5.06 Å². The van der Waals surface area contributed by atoms with E-state index in [4.69, 9.17) is 0 Å². The van der Waals surface area contributed by atoms with E-state index in [0.29, 0.717) is 6.42 Å². The molecule has 3 nitrogen and oxygen atoms in total. The average Bonchev–Trinajstić information content (AvgIpc) is 2.72. The van der Waals surface area contributed by atoms with Crippen LogP contribution >= 0.6 is 0 Å². The predicted octanol–water partition coefficient (Wildman–Crippen LogP) is 7.24. The van der Waals surface area contributed by atoms with Crippen molar-refractivity contribution < 1.29 is 10.0 Å². The van der Waals surface area contributed by atoms with Gasteiger partial charge < -0.3 is 0 Å². The maximum absolute atomic E-state index is 12.0. The van der Waals surface area contributed by atoms with Gasteiger partial charge in [0, 0.05) is 12.3 Å². The van der Waals surface area contributed by atoms with Crippen LogP contribution < -0.4 is 0 Å². The highest BCUT2D eigenvalue weighted by molar-refractivity contribution is 5.76. The van der Waals surface area contributed by atoms with E-state index in [1.807, 2.05) is 18.2 Å². The zero-order valence-corrected chi connectivity index (χ0v) is 18.0. The molecule has 2 atom stereocenters. The molecule has 0 saturated carbocycles. The van der Waals surface area contributed by atoms with Gasteiger partial charge in [-0.3, -0.25) is 10.0 Å². The van der Waals surface area contributed by atoms with Crippen molar-refractivity contribution in [2.75, 3.05) is 0 Å². The standard InChI is InChI=1S/C25H41NO2/c1-2-3-4-5-6-7-8-9-10-11-12-16-19-24-23(20-21-25(27)26(24)28)22-17-14-13-15-18-22/h13-15,17-18,23-24,28H,2-12,16,19-21H2,1H3/t23-,24+/m0/s1. The van der Waals surface area contributed by atoms with Crippen molar-refractivity contribution in [2.24, 2.45) is 0 Å². The lowest BCUT2D eigenvalue weighted by atomic mass is 9.82. The number of benzene rings is 1. The molecule has 1 aromatic carbocycles. The molecular formula is C25H41NO2. The molecule has 1 heterocycles. The van der Waals surface area contributed by atoms with Gasteiger partial charge in [0.1, 0.15) is 0 Å². The van der Waals surface area contributed by atoms with Crippen molar-refractivity contribution in [3.05, 3.63) is 35.9 Å². The van der Waals surface area contributed by atoms with Crippen molar-refractivity contribution >= 4 is 5.91 Å². The molecule has 1 aliphatic heterocycles. The molecule has 0 bridgehead atoms. The monoisotopic (exact) mass is 387 g/mol. The Morgan fingerprint density at radius 3 is 1.96 bits per heavy atom. The van der Waals surface area contributed by atoms with Crippen molar-refractivity contribution in [2.45, 2.75) is 115 Å². The van der Waals surface area contributed by atoms with Crippen LogP contribution in [0.25, 0.3) is 0 Å². The molecule has 1 N–H and O–H groups in total. The van der Waals surface area contributed by atoms with Gasteiger partial charge in [-0.05, 0) is 18.4 Å². The lowest BCUT2D eigenvalue weighted by molar-refractivity contribution is -0.185. The van der Waals surface area contributed by atoms with Gasteiger partial charge in [-0.2, -0.15) is 0 Å². The Balaban J connectivity index is 1.60. The second-order valence-corrected chi connectivity index (χ2v) is 8.54. The quantitative estimate of drug-likeness (QED) is 0.270. The number of nitrogens with zero attached hydrogens (tertiary/aromatic N) is 1. The summed E-state index contributed by atoms with van der Waals surface area (Å²) in [4.78, 5) is 12.0. The van der Waals surface area contributed by atoms with Gasteiger partial charge in [-0.25, -0.2) is 5.06 Å². The molecule has 1 amide bonds. The van der Waals surface area contributed by atoms with Crippen LogP contribution in [0.2, 0.25) is 0 Å². The van der Waals surface area contributed by atoms with Crippen LogP contribution in [0, 0.1) is 0 Å². The Morgan fingerprint density at radius 2 is 1.39 bits per heavy atom. The third kappa shape index (κ3) is 7.95. The van der Waals surface area contributed by atoms with Crippen LogP contribution in [0.3, 0.4) is 0 Å². The van der Waals surface area contributed by atoms with Gasteiger partial charge in [-0.1, -0.05) is 114 Å². The van der Waals surface area contributed by atoms with E-state index in [-0.39, 0.29) is 17.9 Å². The first-order valence-corrected chi connectivity index (χ1v) is 11.8. The topological polar surface area (TPSA) is 40.5 Å². The van der Waals surface area contributed by atoms with E-state index in [9.17, 15) is 10.0 Å². The summed E-state index contributed by atoms with van der Waals surface area (Å²) in [6.45, 7) is 2.27. The van der Waals surface area contributed by atoms with E-state index in [2.05, 4.69) is 19.1 Å². The van der Waals surface area contributed by atoms with Crippen LogP contribution in [0.1, 0.15) is 115 Å². The fourth-order valence-electron chi connectivity index (χ4n) is 4.55. The third-order valence-electron chi connectivity index (χ3n) is 6.28. The normalized spacial score (nSPS) is 19.9. The van der Waals surface area contributed by atoms with Crippen LogP contribution in [-0.4, -0.2) is 22.2 Å². The zero-order chi connectivity index (χ0) is 20.0. The molecule has 3 heteroatoms. The summed E-state index contributed by atoms with van der Waals surface area (Å²) in [5.74, 6) is 0.146. The number of hydroxylamine groups is 2. The Labute approximate surface area is 172 Å². The number of amides is 1. The highest BCUT2D eigenvalue weighted by atomic mass is 16.5. The van der Waals surface area contributed by atoms with E-state index in [1.54, 1.807) is 0 Å². The third-order valence-corrected chi connectivity index (χ3v) is 6.28. The second kappa shape index (κ2) is 13.8. The molecule has 0 spiro atoms. The fourth-order valence-corrected chi connectivity index (χ4v) is 4.55. The minimum absolute atomic E-state index is 0.0632. The van der Waals surface area contributed by atoms with Gasteiger partial charge in [0.05, 0.1) is 6.04 Å². The summed E-state index contributed by atoms with van der Waals surface area (Å²) < 4.78 is 0.